The van der Waals surface area contributed by atoms with Gasteiger partial charge in [-0.15, -0.1) is 0 Å². The molecule has 2 rings (SSSR count). The molecule has 2 saturated carbocycles. The summed E-state index contributed by atoms with van der Waals surface area (Å²) in [5.41, 5.74) is 0. The molecule has 0 aromatic rings. The van der Waals surface area contributed by atoms with Gasteiger partial charge in [-0.05, 0) is 18.3 Å². The van der Waals surface area contributed by atoms with Crippen molar-refractivity contribution in [3.63, 3.8) is 0 Å². The van der Waals surface area contributed by atoms with Gasteiger partial charge in [0.25, 0.3) is 0 Å². The molecule has 0 bridgehead atoms. The lowest BCUT2D eigenvalue weighted by molar-refractivity contribution is 0.0826. The largest absolute Gasteiger partial charge is 0.392 e. The van der Waals surface area contributed by atoms with Gasteiger partial charge in [0.2, 0.25) is 0 Å². The van der Waals surface area contributed by atoms with Crippen LogP contribution in [0.25, 0.3) is 0 Å². The van der Waals surface area contributed by atoms with E-state index in [1.54, 1.807) is 0 Å². The van der Waals surface area contributed by atoms with Crippen LogP contribution in [0.1, 0.15) is 13.3 Å². The van der Waals surface area contributed by atoms with Crippen molar-refractivity contribution in [2.24, 2.45) is 17.8 Å². The Balaban J connectivity index is 2.07. The van der Waals surface area contributed by atoms with Gasteiger partial charge >= 0.3 is 0 Å². The summed E-state index contributed by atoms with van der Waals surface area (Å²) in [7, 11) is 0. The van der Waals surface area contributed by atoms with Gasteiger partial charge in [-0.25, -0.2) is 0 Å². The van der Waals surface area contributed by atoms with Gasteiger partial charge in [-0.1, -0.05) is 6.92 Å². The van der Waals surface area contributed by atoms with E-state index in [2.05, 4.69) is 0 Å². The summed E-state index contributed by atoms with van der Waals surface area (Å²) in [4.78, 5) is 0. The van der Waals surface area contributed by atoms with E-state index < -0.39 is 0 Å². The predicted molar refractivity (Wildman–Crippen MR) is 32.8 cm³/mol. The van der Waals surface area contributed by atoms with Crippen molar-refractivity contribution in [1.29, 1.82) is 0 Å². The van der Waals surface area contributed by atoms with E-state index >= 15 is 0 Å². The van der Waals surface area contributed by atoms with Gasteiger partial charge in [0.1, 0.15) is 0 Å². The summed E-state index contributed by atoms with van der Waals surface area (Å²) in [5, 5.41) is 18.4. The Bertz CT molecular complexity index is 135. The average Bonchev–Trinajstić information content (AvgIpc) is 2.29. The number of hydrogen-bond donors (Lipinski definition) is 2. The molecule has 5 atom stereocenters. The molecule has 52 valence electrons. The Kier molecular flexibility index (Phi) is 0.945. The molecule has 2 aliphatic rings. The lowest BCUT2D eigenvalue weighted by atomic mass is 10.0. The van der Waals surface area contributed by atoms with Crippen LogP contribution in [0.2, 0.25) is 0 Å². The molecule has 0 aliphatic heterocycles. The van der Waals surface area contributed by atoms with Crippen molar-refractivity contribution >= 4 is 0 Å². The van der Waals surface area contributed by atoms with E-state index in [0.29, 0.717) is 11.8 Å². The van der Waals surface area contributed by atoms with Crippen molar-refractivity contribution in [2.45, 2.75) is 25.6 Å². The van der Waals surface area contributed by atoms with Gasteiger partial charge in [-0.3, -0.25) is 0 Å². The van der Waals surface area contributed by atoms with Crippen LogP contribution in [0.15, 0.2) is 0 Å². The van der Waals surface area contributed by atoms with Crippen LogP contribution < -0.4 is 0 Å². The third-order valence-corrected chi connectivity index (χ3v) is 2.81. The van der Waals surface area contributed by atoms with E-state index in [9.17, 15) is 5.11 Å². The monoisotopic (exact) mass is 128 g/mol. The fraction of sp³-hybridized carbons (Fsp3) is 1.00. The first-order valence-electron chi connectivity index (χ1n) is 3.58. The molecular weight excluding hydrogens is 116 g/mol. The normalized spacial score (nSPS) is 63.7. The molecule has 0 aromatic carbocycles. The standard InChI is InChI=1S/C7H12O2/c1-3-2-4-5(6(3)8)7(4)9/h3-9H,2H2,1H3/t3-,4+,5?,6+,7?/m1/s1. The molecule has 0 saturated heterocycles. The first kappa shape index (κ1) is 5.69. The van der Waals surface area contributed by atoms with Crippen molar-refractivity contribution in [3.05, 3.63) is 0 Å². The van der Waals surface area contributed by atoms with Crippen LogP contribution in [0.5, 0.6) is 0 Å². The van der Waals surface area contributed by atoms with E-state index in [0.717, 1.165) is 6.42 Å². The third-order valence-electron chi connectivity index (χ3n) is 2.81. The Morgan fingerprint density at radius 1 is 1.22 bits per heavy atom. The molecule has 2 aliphatic carbocycles. The van der Waals surface area contributed by atoms with Gasteiger partial charge in [0.05, 0.1) is 12.2 Å². The van der Waals surface area contributed by atoms with Crippen LogP contribution in [0, 0.1) is 17.8 Å². The Hall–Kier alpha value is -0.0800. The van der Waals surface area contributed by atoms with Crippen LogP contribution >= 0.6 is 0 Å². The molecule has 9 heavy (non-hydrogen) atoms. The molecular formula is C7H12O2. The highest BCUT2D eigenvalue weighted by atomic mass is 16.3. The molecule has 2 fully saturated rings. The van der Waals surface area contributed by atoms with Gasteiger partial charge in [0, 0.05) is 5.92 Å². The van der Waals surface area contributed by atoms with Crippen LogP contribution in [0.3, 0.4) is 0 Å². The number of aliphatic hydroxyl groups is 2. The van der Waals surface area contributed by atoms with Crippen LogP contribution in [-0.2, 0) is 0 Å². The molecule has 2 unspecified atom stereocenters. The van der Waals surface area contributed by atoms with Crippen molar-refractivity contribution < 1.29 is 10.2 Å². The smallest absolute Gasteiger partial charge is 0.0629 e. The highest BCUT2D eigenvalue weighted by Crippen LogP contribution is 2.54. The maximum Gasteiger partial charge on any atom is 0.0629 e. The molecule has 0 amide bonds. The predicted octanol–water partition coefficient (Wildman–Crippen LogP) is -0.00600. The van der Waals surface area contributed by atoms with Crippen molar-refractivity contribution in [1.82, 2.24) is 0 Å². The van der Waals surface area contributed by atoms with Gasteiger partial charge in [0.15, 0.2) is 0 Å². The minimum absolute atomic E-state index is 0.170. The number of aliphatic hydroxyl groups excluding tert-OH is 2. The lowest BCUT2D eigenvalue weighted by Gasteiger charge is -2.11. The summed E-state index contributed by atoms with van der Waals surface area (Å²) >= 11 is 0. The number of fused-ring (bicyclic) bond motifs is 1. The summed E-state index contributed by atoms with van der Waals surface area (Å²) in [5.74, 6) is 1.10. The van der Waals surface area contributed by atoms with Crippen molar-refractivity contribution in [3.8, 4) is 0 Å². The second-order valence-corrected chi connectivity index (χ2v) is 3.44. The summed E-state index contributed by atoms with van der Waals surface area (Å²) in [6.07, 6.45) is 0.633. The Morgan fingerprint density at radius 2 is 1.89 bits per heavy atom. The first-order valence-corrected chi connectivity index (χ1v) is 3.58. The van der Waals surface area contributed by atoms with Gasteiger partial charge in [-0.2, -0.15) is 0 Å². The maximum atomic E-state index is 9.32. The zero-order valence-electron chi connectivity index (χ0n) is 5.49. The summed E-state index contributed by atoms with van der Waals surface area (Å²) in [6, 6.07) is 0. The molecule has 0 spiro atoms. The van der Waals surface area contributed by atoms with Crippen molar-refractivity contribution in [2.75, 3.05) is 0 Å². The molecule has 0 heterocycles. The molecule has 2 nitrogen and oxygen atoms in total. The van der Waals surface area contributed by atoms with E-state index in [1.807, 2.05) is 6.92 Å². The number of hydrogen-bond acceptors (Lipinski definition) is 2. The number of rotatable bonds is 0. The maximum absolute atomic E-state index is 9.32. The Labute approximate surface area is 54.5 Å². The average molecular weight is 128 g/mol. The second-order valence-electron chi connectivity index (χ2n) is 3.44. The summed E-state index contributed by atoms with van der Waals surface area (Å²) in [6.45, 7) is 2.05. The van der Waals surface area contributed by atoms with E-state index in [-0.39, 0.29) is 18.1 Å². The highest BCUT2D eigenvalue weighted by Gasteiger charge is 2.59. The highest BCUT2D eigenvalue weighted by molar-refractivity contribution is 5.08. The third kappa shape index (κ3) is 0.578. The minimum Gasteiger partial charge on any atom is -0.392 e. The molecule has 0 radical (unpaired) electrons. The van der Waals surface area contributed by atoms with Gasteiger partial charge < -0.3 is 10.2 Å². The van der Waals surface area contributed by atoms with Crippen LogP contribution in [-0.4, -0.2) is 22.4 Å². The quantitative estimate of drug-likeness (QED) is 0.482. The molecule has 2 N–H and O–H groups in total. The fourth-order valence-electron chi connectivity index (χ4n) is 2.08. The lowest BCUT2D eigenvalue weighted by Crippen LogP contribution is -2.18. The second kappa shape index (κ2) is 1.50. The SMILES string of the molecule is C[C@@H]1C[C@@H]2C(O)C2[C@H]1O. The van der Waals surface area contributed by atoms with E-state index in [1.165, 1.54) is 0 Å². The zero-order valence-corrected chi connectivity index (χ0v) is 5.49. The minimum atomic E-state index is -0.218. The molecule has 2 heteroatoms. The Morgan fingerprint density at radius 3 is 2.22 bits per heavy atom. The zero-order chi connectivity index (χ0) is 6.59. The molecule has 0 aromatic heterocycles. The fourth-order valence-corrected chi connectivity index (χ4v) is 2.08. The van der Waals surface area contributed by atoms with E-state index in [4.69, 9.17) is 5.11 Å². The van der Waals surface area contributed by atoms with Crippen LogP contribution in [0.4, 0.5) is 0 Å². The summed E-state index contributed by atoms with van der Waals surface area (Å²) < 4.78 is 0. The topological polar surface area (TPSA) is 40.5 Å². The first-order chi connectivity index (χ1) is 4.22.